The molecule has 0 spiro atoms. The van der Waals surface area contributed by atoms with Gasteiger partial charge in [0.15, 0.2) is 5.82 Å². The van der Waals surface area contributed by atoms with Crippen molar-refractivity contribution in [2.45, 2.75) is 44.6 Å². The average molecular weight is 442 g/mol. The lowest BCUT2D eigenvalue weighted by Gasteiger charge is -2.37. The van der Waals surface area contributed by atoms with E-state index >= 15 is 0 Å². The third kappa shape index (κ3) is 5.72. The summed E-state index contributed by atoms with van der Waals surface area (Å²) in [5, 5.41) is 4.86. The van der Waals surface area contributed by atoms with E-state index in [1.54, 1.807) is 6.07 Å². The molecule has 6 heteroatoms. The van der Waals surface area contributed by atoms with Gasteiger partial charge in [0.25, 0.3) is 0 Å². The van der Waals surface area contributed by atoms with E-state index in [9.17, 15) is 4.39 Å². The van der Waals surface area contributed by atoms with Gasteiger partial charge in [-0.2, -0.15) is 4.98 Å². The molecule has 0 radical (unpaired) electrons. The molecule has 0 aliphatic heterocycles. The van der Waals surface area contributed by atoms with E-state index in [2.05, 4.69) is 29.1 Å². The lowest BCUT2D eigenvalue weighted by Crippen LogP contribution is -2.30. The molecule has 31 heavy (non-hydrogen) atoms. The zero-order valence-corrected chi connectivity index (χ0v) is 18.9. The van der Waals surface area contributed by atoms with Crippen LogP contribution in [0, 0.1) is 17.7 Å². The van der Waals surface area contributed by atoms with E-state index in [4.69, 9.17) is 16.1 Å². The van der Waals surface area contributed by atoms with Crippen LogP contribution in [0.5, 0.6) is 0 Å². The SMILES string of the molecule is CN(C)C(c1cccc(F)c1)C1CCC(Cc2nc(Cc3cccc(Cl)c3)no2)CC1. The molecular formula is C25H29ClFN3O. The molecule has 1 aliphatic carbocycles. The van der Waals surface area contributed by atoms with Crippen LogP contribution >= 0.6 is 11.6 Å². The molecule has 164 valence electrons. The molecule has 0 amide bonds. The molecule has 0 bridgehead atoms. The fourth-order valence-corrected chi connectivity index (χ4v) is 5.12. The highest BCUT2D eigenvalue weighted by Crippen LogP contribution is 2.40. The first-order chi connectivity index (χ1) is 15.0. The topological polar surface area (TPSA) is 42.2 Å². The third-order valence-electron chi connectivity index (χ3n) is 6.31. The van der Waals surface area contributed by atoms with Crippen molar-refractivity contribution in [2.24, 2.45) is 11.8 Å². The van der Waals surface area contributed by atoms with E-state index in [1.807, 2.05) is 36.4 Å². The maximum atomic E-state index is 13.8. The molecule has 1 unspecified atom stereocenters. The Morgan fingerprint density at radius 2 is 1.87 bits per heavy atom. The quantitative estimate of drug-likeness (QED) is 0.444. The van der Waals surface area contributed by atoms with Gasteiger partial charge in [0.1, 0.15) is 5.82 Å². The highest BCUT2D eigenvalue weighted by atomic mass is 35.5. The predicted molar refractivity (Wildman–Crippen MR) is 121 cm³/mol. The maximum Gasteiger partial charge on any atom is 0.226 e. The molecule has 1 aromatic heterocycles. The molecule has 1 heterocycles. The molecule has 1 saturated carbocycles. The molecule has 0 N–H and O–H groups in total. The van der Waals surface area contributed by atoms with Gasteiger partial charge in [0, 0.05) is 23.9 Å². The summed E-state index contributed by atoms with van der Waals surface area (Å²) in [5.74, 6) is 2.32. The minimum Gasteiger partial charge on any atom is -0.339 e. The minimum atomic E-state index is -0.164. The molecule has 0 saturated heterocycles. The third-order valence-corrected chi connectivity index (χ3v) is 6.54. The zero-order chi connectivity index (χ0) is 21.8. The Balaban J connectivity index is 1.33. The minimum absolute atomic E-state index is 0.164. The van der Waals surface area contributed by atoms with Gasteiger partial charge >= 0.3 is 0 Å². The van der Waals surface area contributed by atoms with E-state index in [-0.39, 0.29) is 11.9 Å². The van der Waals surface area contributed by atoms with Gasteiger partial charge in [0.2, 0.25) is 5.89 Å². The van der Waals surface area contributed by atoms with Crippen molar-refractivity contribution in [3.63, 3.8) is 0 Å². The first-order valence-corrected chi connectivity index (χ1v) is 11.3. The van der Waals surface area contributed by atoms with Crippen molar-refractivity contribution in [3.05, 3.63) is 82.2 Å². The van der Waals surface area contributed by atoms with Crippen LogP contribution in [0.2, 0.25) is 5.02 Å². The Kier molecular flexibility index (Phi) is 7.03. The van der Waals surface area contributed by atoms with Gasteiger partial charge in [-0.05, 0) is 87.0 Å². The summed E-state index contributed by atoms with van der Waals surface area (Å²) in [6, 6.07) is 15.0. The largest absolute Gasteiger partial charge is 0.339 e. The summed E-state index contributed by atoms with van der Waals surface area (Å²) in [7, 11) is 4.17. The van der Waals surface area contributed by atoms with Crippen molar-refractivity contribution in [3.8, 4) is 0 Å². The van der Waals surface area contributed by atoms with E-state index in [0.29, 0.717) is 29.1 Å². The molecule has 1 aliphatic rings. The summed E-state index contributed by atoms with van der Waals surface area (Å²) in [6.45, 7) is 0. The van der Waals surface area contributed by atoms with Crippen molar-refractivity contribution in [1.29, 1.82) is 0 Å². The molecule has 4 nitrogen and oxygen atoms in total. The second-order valence-corrected chi connectivity index (χ2v) is 9.30. The van der Waals surface area contributed by atoms with Crippen LogP contribution in [0.15, 0.2) is 53.1 Å². The summed E-state index contributed by atoms with van der Waals surface area (Å²) >= 11 is 6.06. The lowest BCUT2D eigenvalue weighted by molar-refractivity contribution is 0.145. The number of halogens is 2. The monoisotopic (exact) mass is 441 g/mol. The van der Waals surface area contributed by atoms with Crippen LogP contribution in [0.4, 0.5) is 4.39 Å². The zero-order valence-electron chi connectivity index (χ0n) is 18.1. The standard InChI is InChI=1S/C25H29ClFN3O/c1-30(2)25(20-6-4-8-22(27)16-20)19-11-9-17(10-12-19)15-24-28-23(29-31-24)14-18-5-3-7-21(26)13-18/h3-8,13,16-17,19,25H,9-12,14-15H2,1-2H3. The summed E-state index contributed by atoms with van der Waals surface area (Å²) in [6.07, 6.45) is 5.92. The van der Waals surface area contributed by atoms with Gasteiger partial charge in [0.05, 0.1) is 0 Å². The van der Waals surface area contributed by atoms with Crippen LogP contribution in [0.1, 0.15) is 54.6 Å². The molecule has 1 fully saturated rings. The van der Waals surface area contributed by atoms with Crippen LogP contribution in [-0.2, 0) is 12.8 Å². The Labute approximate surface area is 188 Å². The van der Waals surface area contributed by atoms with Gasteiger partial charge < -0.3 is 9.42 Å². The normalized spacial score (nSPS) is 20.2. The Bertz CT molecular complexity index is 998. The Morgan fingerprint density at radius 3 is 2.58 bits per heavy atom. The van der Waals surface area contributed by atoms with Crippen molar-refractivity contribution >= 4 is 11.6 Å². The maximum absolute atomic E-state index is 13.8. The molecule has 3 aromatic rings. The molecular weight excluding hydrogens is 413 g/mol. The number of rotatable bonds is 7. The highest BCUT2D eigenvalue weighted by molar-refractivity contribution is 6.30. The summed E-state index contributed by atoms with van der Waals surface area (Å²) in [5.41, 5.74) is 2.14. The van der Waals surface area contributed by atoms with Gasteiger partial charge in [-0.1, -0.05) is 41.0 Å². The van der Waals surface area contributed by atoms with Crippen LogP contribution < -0.4 is 0 Å². The smallest absolute Gasteiger partial charge is 0.226 e. The van der Waals surface area contributed by atoms with Gasteiger partial charge in [-0.25, -0.2) is 4.39 Å². The van der Waals surface area contributed by atoms with Crippen molar-refractivity contribution in [2.75, 3.05) is 14.1 Å². The molecule has 2 aromatic carbocycles. The second-order valence-electron chi connectivity index (χ2n) is 8.86. The second kappa shape index (κ2) is 9.92. The van der Waals surface area contributed by atoms with E-state index < -0.39 is 0 Å². The van der Waals surface area contributed by atoms with Crippen molar-refractivity contribution in [1.82, 2.24) is 15.0 Å². The number of aromatic nitrogens is 2. The lowest BCUT2D eigenvalue weighted by atomic mass is 9.75. The predicted octanol–water partition coefficient (Wildman–Crippen LogP) is 6.10. The Hall–Kier alpha value is -2.24. The first kappa shape index (κ1) is 22.0. The highest BCUT2D eigenvalue weighted by Gasteiger charge is 2.31. The van der Waals surface area contributed by atoms with Gasteiger partial charge in [-0.3, -0.25) is 0 Å². The fourth-order valence-electron chi connectivity index (χ4n) is 4.91. The van der Waals surface area contributed by atoms with Crippen molar-refractivity contribution < 1.29 is 8.91 Å². The number of nitrogens with zero attached hydrogens (tertiary/aromatic N) is 3. The van der Waals surface area contributed by atoms with E-state index in [0.717, 1.165) is 49.1 Å². The molecule has 4 rings (SSSR count). The molecule has 1 atom stereocenters. The van der Waals surface area contributed by atoms with Crippen LogP contribution in [0.25, 0.3) is 0 Å². The summed E-state index contributed by atoms with van der Waals surface area (Å²) in [4.78, 5) is 6.82. The first-order valence-electron chi connectivity index (χ1n) is 11.0. The van der Waals surface area contributed by atoms with E-state index in [1.165, 1.54) is 6.07 Å². The number of benzene rings is 2. The van der Waals surface area contributed by atoms with Crippen LogP contribution in [0.3, 0.4) is 0 Å². The Morgan fingerprint density at radius 1 is 1.10 bits per heavy atom. The fraction of sp³-hybridized carbons (Fsp3) is 0.440. The number of hydrogen-bond acceptors (Lipinski definition) is 4. The van der Waals surface area contributed by atoms with Gasteiger partial charge in [-0.15, -0.1) is 0 Å². The average Bonchev–Trinajstić information content (AvgIpc) is 3.16. The van der Waals surface area contributed by atoms with Crippen LogP contribution in [-0.4, -0.2) is 29.1 Å². The summed E-state index contributed by atoms with van der Waals surface area (Å²) < 4.78 is 19.3. The number of hydrogen-bond donors (Lipinski definition) is 0.